The summed E-state index contributed by atoms with van der Waals surface area (Å²) in [6.45, 7) is 6.71. The maximum atomic E-state index is 14.5. The standard InChI is InChI=1S/C38H58N10O12/c1-18(2)30(32(42)54)46-36(58)31(19(3)4)48(20(5)50)38(60)27-7-6-14-47(27)37(59)26(15-21-8-10-22(51)11-9-21)45-35(57)25(16-29(41)53)44-34(56)24(12-13-28(40)52)43-33(55)23(39)17-49/h8-11,18-19,23-27,30-31,49,51H,6-7,12-17,39H2,1-5H3,(H2,40,52)(H2,41,53)(H2,42,54)(H,43,55)(H,44,56)(H,45,57)(H,46,58)/t23-,24-,25-,26-,27-,30-,31-/m0/s1. The van der Waals surface area contributed by atoms with Gasteiger partial charge in [-0.05, 0) is 48.8 Å². The van der Waals surface area contributed by atoms with Crippen LogP contribution in [0.4, 0.5) is 0 Å². The van der Waals surface area contributed by atoms with Crippen molar-refractivity contribution < 1.29 is 58.2 Å². The van der Waals surface area contributed by atoms with Crippen LogP contribution in [0.25, 0.3) is 0 Å². The molecule has 1 aromatic carbocycles. The minimum atomic E-state index is -1.77. The van der Waals surface area contributed by atoms with Gasteiger partial charge in [-0.3, -0.25) is 52.8 Å². The number of phenols is 1. The highest BCUT2D eigenvalue weighted by Crippen LogP contribution is 2.25. The van der Waals surface area contributed by atoms with E-state index in [9.17, 15) is 58.2 Å². The van der Waals surface area contributed by atoms with Crippen molar-refractivity contribution in [3.63, 3.8) is 0 Å². The molecule has 1 fully saturated rings. The van der Waals surface area contributed by atoms with E-state index in [2.05, 4.69) is 21.3 Å². The van der Waals surface area contributed by atoms with Crippen LogP contribution in [0.5, 0.6) is 5.75 Å². The summed E-state index contributed by atoms with van der Waals surface area (Å²) in [5.41, 5.74) is 22.1. The van der Waals surface area contributed by atoms with Crippen LogP contribution >= 0.6 is 0 Å². The van der Waals surface area contributed by atoms with Crippen molar-refractivity contribution in [1.29, 1.82) is 0 Å². The number of amides is 10. The number of hydrogen-bond donors (Lipinski definition) is 10. The third kappa shape index (κ3) is 14.3. The maximum Gasteiger partial charge on any atom is 0.252 e. The Kier molecular flexibility index (Phi) is 19.0. The Bertz CT molecular complexity index is 1770. The third-order valence-corrected chi connectivity index (χ3v) is 9.72. The van der Waals surface area contributed by atoms with Gasteiger partial charge in [0, 0.05) is 26.3 Å². The number of aromatic hydroxyl groups is 1. The highest BCUT2D eigenvalue weighted by atomic mass is 16.3. The summed E-state index contributed by atoms with van der Waals surface area (Å²) in [7, 11) is 0. The molecule has 0 bridgehead atoms. The van der Waals surface area contributed by atoms with Crippen molar-refractivity contribution >= 4 is 59.1 Å². The molecule has 1 aliphatic rings. The molecular weight excluding hydrogens is 788 g/mol. The molecule has 14 N–H and O–H groups in total. The van der Waals surface area contributed by atoms with Crippen molar-refractivity contribution in [3.8, 4) is 5.75 Å². The van der Waals surface area contributed by atoms with Gasteiger partial charge in [0.2, 0.25) is 53.2 Å². The van der Waals surface area contributed by atoms with E-state index in [0.29, 0.717) is 5.56 Å². The Labute approximate surface area is 346 Å². The minimum absolute atomic E-state index is 0.0305. The highest BCUT2D eigenvalue weighted by Gasteiger charge is 2.45. The minimum Gasteiger partial charge on any atom is -0.508 e. The van der Waals surface area contributed by atoms with Crippen molar-refractivity contribution in [2.45, 2.75) is 115 Å². The van der Waals surface area contributed by atoms with Crippen LogP contribution < -0.4 is 44.2 Å². The molecule has 60 heavy (non-hydrogen) atoms. The summed E-state index contributed by atoms with van der Waals surface area (Å²) in [5.74, 6) is -10.5. The zero-order valence-corrected chi connectivity index (χ0v) is 34.3. The number of carbonyl (C=O) groups excluding carboxylic acids is 10. The molecule has 1 aromatic rings. The number of rotatable bonds is 22. The van der Waals surface area contributed by atoms with E-state index < -0.39 is 133 Å². The van der Waals surface area contributed by atoms with Gasteiger partial charge in [-0.25, -0.2) is 0 Å². The van der Waals surface area contributed by atoms with Gasteiger partial charge in [0.25, 0.3) is 5.91 Å². The number of imide groups is 1. The molecule has 0 unspecified atom stereocenters. The van der Waals surface area contributed by atoms with Crippen molar-refractivity contribution in [2.75, 3.05) is 13.2 Å². The van der Waals surface area contributed by atoms with Gasteiger partial charge >= 0.3 is 0 Å². The van der Waals surface area contributed by atoms with Gasteiger partial charge < -0.3 is 59.3 Å². The number of hydrogen-bond acceptors (Lipinski definition) is 13. The first-order valence-corrected chi connectivity index (χ1v) is 19.4. The Morgan fingerprint density at radius 2 is 1.35 bits per heavy atom. The van der Waals surface area contributed by atoms with Gasteiger partial charge in [0.05, 0.1) is 13.0 Å². The van der Waals surface area contributed by atoms with Crippen molar-refractivity contribution in [3.05, 3.63) is 29.8 Å². The Balaban J connectivity index is 2.53. The monoisotopic (exact) mass is 846 g/mol. The molecule has 1 heterocycles. The smallest absolute Gasteiger partial charge is 0.252 e. The quantitative estimate of drug-likeness (QED) is 0.0531. The fourth-order valence-electron chi connectivity index (χ4n) is 6.60. The van der Waals surface area contributed by atoms with E-state index in [-0.39, 0.29) is 38.0 Å². The summed E-state index contributed by atoms with van der Waals surface area (Å²) in [6.07, 6.45) is -1.53. The molecule has 0 radical (unpaired) electrons. The van der Waals surface area contributed by atoms with E-state index in [1.165, 1.54) is 24.3 Å². The first kappa shape index (κ1) is 50.0. The molecule has 0 spiro atoms. The Hall–Kier alpha value is -6.16. The maximum absolute atomic E-state index is 14.5. The van der Waals surface area contributed by atoms with Crippen LogP contribution in [0.2, 0.25) is 0 Å². The van der Waals surface area contributed by atoms with Gasteiger partial charge in [-0.1, -0.05) is 39.8 Å². The van der Waals surface area contributed by atoms with E-state index >= 15 is 0 Å². The molecule has 332 valence electrons. The highest BCUT2D eigenvalue weighted by molar-refractivity contribution is 6.04. The predicted octanol–water partition coefficient (Wildman–Crippen LogP) is -4.13. The van der Waals surface area contributed by atoms with Crippen LogP contribution in [-0.4, -0.2) is 135 Å². The molecule has 0 saturated carbocycles. The Morgan fingerprint density at radius 3 is 1.85 bits per heavy atom. The molecule has 0 aliphatic carbocycles. The summed E-state index contributed by atoms with van der Waals surface area (Å²) in [6, 6.07) is -4.58. The lowest BCUT2D eigenvalue weighted by molar-refractivity contribution is -0.157. The van der Waals surface area contributed by atoms with Crippen LogP contribution in [0.3, 0.4) is 0 Å². The summed E-state index contributed by atoms with van der Waals surface area (Å²) in [5, 5.41) is 28.7. The SMILES string of the molecule is CC(=O)N(C(=O)[C@@H]1CCCN1C(=O)[C@H](Cc1ccc(O)cc1)NC(=O)[C@H](CC(N)=O)NC(=O)[C@H](CCC(N)=O)NC(=O)[C@@H](N)CO)[C@H](C(=O)N[C@H](C(N)=O)C(C)C)C(C)C. The van der Waals surface area contributed by atoms with Gasteiger partial charge in [-0.2, -0.15) is 0 Å². The lowest BCUT2D eigenvalue weighted by atomic mass is 9.97. The van der Waals surface area contributed by atoms with Crippen LogP contribution in [-0.2, 0) is 54.4 Å². The average Bonchev–Trinajstić information content (AvgIpc) is 3.66. The second kappa shape index (κ2) is 22.8. The fraction of sp³-hybridized carbons (Fsp3) is 0.579. The second-order valence-corrected chi connectivity index (χ2v) is 15.3. The van der Waals surface area contributed by atoms with Crippen LogP contribution in [0.1, 0.15) is 72.3 Å². The Morgan fingerprint density at radius 1 is 0.783 bits per heavy atom. The lowest BCUT2D eigenvalue weighted by Gasteiger charge is -2.36. The zero-order chi connectivity index (χ0) is 45.6. The molecule has 7 atom stereocenters. The number of aliphatic hydroxyl groups is 1. The first-order valence-electron chi connectivity index (χ1n) is 19.4. The number of aliphatic hydroxyl groups excluding tert-OH is 1. The number of nitrogens with two attached hydrogens (primary N) is 4. The number of primary amides is 3. The molecular formula is C38H58N10O12. The molecule has 2 rings (SSSR count). The third-order valence-electron chi connectivity index (χ3n) is 9.72. The molecule has 22 nitrogen and oxygen atoms in total. The molecule has 1 saturated heterocycles. The largest absolute Gasteiger partial charge is 0.508 e. The van der Waals surface area contributed by atoms with E-state index in [0.717, 1.165) is 16.7 Å². The predicted molar refractivity (Wildman–Crippen MR) is 212 cm³/mol. The van der Waals surface area contributed by atoms with Gasteiger partial charge in [0.1, 0.15) is 48.0 Å². The van der Waals surface area contributed by atoms with Crippen LogP contribution in [0, 0.1) is 11.8 Å². The van der Waals surface area contributed by atoms with Gasteiger partial charge in [0.15, 0.2) is 0 Å². The first-order chi connectivity index (χ1) is 28.0. The fourth-order valence-corrected chi connectivity index (χ4v) is 6.60. The van der Waals surface area contributed by atoms with E-state index in [4.69, 9.17) is 22.9 Å². The van der Waals surface area contributed by atoms with Crippen molar-refractivity contribution in [2.24, 2.45) is 34.8 Å². The van der Waals surface area contributed by atoms with Gasteiger partial charge in [-0.15, -0.1) is 0 Å². The summed E-state index contributed by atoms with van der Waals surface area (Å²) < 4.78 is 0. The number of benzene rings is 1. The summed E-state index contributed by atoms with van der Waals surface area (Å²) >= 11 is 0. The second-order valence-electron chi connectivity index (χ2n) is 15.3. The van der Waals surface area contributed by atoms with Crippen LogP contribution in [0.15, 0.2) is 24.3 Å². The zero-order valence-electron chi connectivity index (χ0n) is 34.3. The van der Waals surface area contributed by atoms with E-state index in [1.54, 1.807) is 27.7 Å². The molecule has 10 amide bonds. The number of nitrogens with zero attached hydrogens (tertiary/aromatic N) is 2. The average molecular weight is 847 g/mol. The van der Waals surface area contributed by atoms with Crippen molar-refractivity contribution in [1.82, 2.24) is 31.1 Å². The van der Waals surface area contributed by atoms with E-state index in [1.807, 2.05) is 0 Å². The number of phenolic OH excluding ortho intramolecular Hbond substituents is 1. The topological polar surface area (TPSA) is 370 Å². The molecule has 22 heteroatoms. The number of carbonyl (C=O) groups is 10. The molecule has 0 aromatic heterocycles. The summed E-state index contributed by atoms with van der Waals surface area (Å²) in [4.78, 5) is 133. The molecule has 1 aliphatic heterocycles. The lowest BCUT2D eigenvalue weighted by Crippen LogP contribution is -2.62. The normalized spacial score (nSPS) is 16.7. The number of nitrogens with one attached hydrogen (secondary N) is 4. The number of likely N-dealkylation sites (tertiary alicyclic amines) is 1.